The third-order valence-electron chi connectivity index (χ3n) is 2.51. The van der Waals surface area contributed by atoms with Crippen molar-refractivity contribution in [1.82, 2.24) is 10.2 Å². The molecule has 1 aliphatic heterocycles. The number of rotatable bonds is 5. The second-order valence-electron chi connectivity index (χ2n) is 3.56. The van der Waals surface area contributed by atoms with Crippen LogP contribution in [0.3, 0.4) is 0 Å². The molecule has 0 aromatic carbocycles. The zero-order chi connectivity index (χ0) is 10.4. The fourth-order valence-corrected chi connectivity index (χ4v) is 1.64. The van der Waals surface area contributed by atoms with Crippen molar-refractivity contribution in [2.75, 3.05) is 32.8 Å². The zero-order valence-electron chi connectivity index (χ0n) is 9.08. The molecular weight excluding hydrogens is 180 g/mol. The molecule has 4 heteroatoms. The van der Waals surface area contributed by atoms with E-state index >= 15 is 0 Å². The Hall–Kier alpha value is -0.610. The van der Waals surface area contributed by atoms with Gasteiger partial charge in [0.15, 0.2) is 0 Å². The molecule has 1 fully saturated rings. The van der Waals surface area contributed by atoms with Crippen LogP contribution in [0, 0.1) is 0 Å². The highest BCUT2D eigenvalue weighted by atomic mass is 16.5. The SMILES string of the molecule is CCNC(CC)CN1CCOCC1=O. The fourth-order valence-electron chi connectivity index (χ4n) is 1.64. The van der Waals surface area contributed by atoms with E-state index in [4.69, 9.17) is 4.74 Å². The van der Waals surface area contributed by atoms with Crippen molar-refractivity contribution in [3.63, 3.8) is 0 Å². The second kappa shape index (κ2) is 5.98. The van der Waals surface area contributed by atoms with Gasteiger partial charge < -0.3 is 15.0 Å². The molecular formula is C10H20N2O2. The molecule has 0 saturated carbocycles. The van der Waals surface area contributed by atoms with Gasteiger partial charge in [-0.15, -0.1) is 0 Å². The van der Waals surface area contributed by atoms with Gasteiger partial charge in [0, 0.05) is 19.1 Å². The smallest absolute Gasteiger partial charge is 0.248 e. The first-order valence-electron chi connectivity index (χ1n) is 5.36. The third kappa shape index (κ3) is 3.27. The molecule has 0 radical (unpaired) electrons. The van der Waals surface area contributed by atoms with E-state index in [0.29, 0.717) is 12.6 Å². The van der Waals surface area contributed by atoms with Gasteiger partial charge in [-0.25, -0.2) is 0 Å². The summed E-state index contributed by atoms with van der Waals surface area (Å²) in [6.45, 7) is 7.66. The molecule has 0 aromatic heterocycles. The molecule has 82 valence electrons. The summed E-state index contributed by atoms with van der Waals surface area (Å²) >= 11 is 0. The van der Waals surface area contributed by atoms with Gasteiger partial charge in [-0.1, -0.05) is 13.8 Å². The lowest BCUT2D eigenvalue weighted by atomic mass is 10.2. The lowest BCUT2D eigenvalue weighted by Crippen LogP contribution is -2.48. The summed E-state index contributed by atoms with van der Waals surface area (Å²) in [5, 5.41) is 3.37. The quantitative estimate of drug-likeness (QED) is 0.691. The number of carbonyl (C=O) groups is 1. The number of nitrogens with zero attached hydrogens (tertiary/aromatic N) is 1. The summed E-state index contributed by atoms with van der Waals surface area (Å²) in [5.74, 6) is 0.118. The summed E-state index contributed by atoms with van der Waals surface area (Å²) < 4.78 is 5.08. The fraction of sp³-hybridized carbons (Fsp3) is 0.900. The maximum atomic E-state index is 11.4. The summed E-state index contributed by atoms with van der Waals surface area (Å²) in [4.78, 5) is 13.3. The van der Waals surface area contributed by atoms with Crippen molar-refractivity contribution in [1.29, 1.82) is 0 Å². The maximum Gasteiger partial charge on any atom is 0.248 e. The molecule has 1 aliphatic rings. The lowest BCUT2D eigenvalue weighted by Gasteiger charge is -2.30. The highest BCUT2D eigenvalue weighted by Crippen LogP contribution is 2.02. The van der Waals surface area contributed by atoms with Gasteiger partial charge in [-0.3, -0.25) is 4.79 Å². The van der Waals surface area contributed by atoms with E-state index in [0.717, 1.165) is 26.1 Å². The highest BCUT2D eigenvalue weighted by molar-refractivity contribution is 5.78. The maximum absolute atomic E-state index is 11.4. The van der Waals surface area contributed by atoms with Crippen LogP contribution in [-0.4, -0.2) is 49.7 Å². The molecule has 1 heterocycles. The normalized spacial score (nSPS) is 19.9. The van der Waals surface area contributed by atoms with Crippen LogP contribution in [0.5, 0.6) is 0 Å². The predicted molar refractivity (Wildman–Crippen MR) is 55.2 cm³/mol. The number of hydrogen-bond acceptors (Lipinski definition) is 3. The Morgan fingerprint density at radius 1 is 1.57 bits per heavy atom. The van der Waals surface area contributed by atoms with Gasteiger partial charge in [0.2, 0.25) is 5.91 Å². The van der Waals surface area contributed by atoms with E-state index in [-0.39, 0.29) is 12.5 Å². The average molecular weight is 200 g/mol. The number of nitrogens with one attached hydrogen (secondary N) is 1. The van der Waals surface area contributed by atoms with Gasteiger partial charge in [-0.2, -0.15) is 0 Å². The number of hydrogen-bond donors (Lipinski definition) is 1. The van der Waals surface area contributed by atoms with E-state index in [1.54, 1.807) is 0 Å². The Balaban J connectivity index is 2.35. The van der Waals surface area contributed by atoms with E-state index in [2.05, 4.69) is 19.2 Å². The third-order valence-corrected chi connectivity index (χ3v) is 2.51. The first kappa shape index (κ1) is 11.5. The Labute approximate surface area is 85.6 Å². The van der Waals surface area contributed by atoms with Crippen LogP contribution in [-0.2, 0) is 9.53 Å². The average Bonchev–Trinajstić information content (AvgIpc) is 2.20. The van der Waals surface area contributed by atoms with Gasteiger partial charge in [-0.05, 0) is 13.0 Å². The van der Waals surface area contributed by atoms with Crippen LogP contribution in [0.25, 0.3) is 0 Å². The molecule has 14 heavy (non-hydrogen) atoms. The van der Waals surface area contributed by atoms with Crippen LogP contribution in [0.15, 0.2) is 0 Å². The molecule has 1 N–H and O–H groups in total. The van der Waals surface area contributed by atoms with Gasteiger partial charge in [0.05, 0.1) is 6.61 Å². The lowest BCUT2D eigenvalue weighted by molar-refractivity contribution is -0.143. The number of carbonyl (C=O) groups excluding carboxylic acids is 1. The van der Waals surface area contributed by atoms with Crippen LogP contribution < -0.4 is 5.32 Å². The Bertz CT molecular complexity index is 185. The molecule has 4 nitrogen and oxygen atoms in total. The minimum Gasteiger partial charge on any atom is -0.370 e. The van der Waals surface area contributed by atoms with Gasteiger partial charge in [0.25, 0.3) is 0 Å². The monoisotopic (exact) mass is 200 g/mol. The van der Waals surface area contributed by atoms with E-state index in [1.165, 1.54) is 0 Å². The second-order valence-corrected chi connectivity index (χ2v) is 3.56. The largest absolute Gasteiger partial charge is 0.370 e. The topological polar surface area (TPSA) is 41.6 Å². The van der Waals surface area contributed by atoms with Crippen molar-refractivity contribution in [2.24, 2.45) is 0 Å². The van der Waals surface area contributed by atoms with E-state index < -0.39 is 0 Å². The number of ether oxygens (including phenoxy) is 1. The number of morpholine rings is 1. The minimum atomic E-state index is 0.118. The summed E-state index contributed by atoms with van der Waals surface area (Å²) in [6.07, 6.45) is 1.05. The Kier molecular flexibility index (Phi) is 4.90. The van der Waals surface area contributed by atoms with Crippen LogP contribution >= 0.6 is 0 Å². The van der Waals surface area contributed by atoms with Crippen molar-refractivity contribution in [2.45, 2.75) is 26.3 Å². The van der Waals surface area contributed by atoms with Crippen LogP contribution in [0.1, 0.15) is 20.3 Å². The molecule has 0 aliphatic carbocycles. The summed E-state index contributed by atoms with van der Waals surface area (Å²) in [6, 6.07) is 0.419. The van der Waals surface area contributed by atoms with Crippen molar-refractivity contribution >= 4 is 5.91 Å². The minimum absolute atomic E-state index is 0.118. The van der Waals surface area contributed by atoms with Crippen LogP contribution in [0.4, 0.5) is 0 Å². The highest BCUT2D eigenvalue weighted by Gasteiger charge is 2.20. The summed E-state index contributed by atoms with van der Waals surface area (Å²) in [5.41, 5.74) is 0. The van der Waals surface area contributed by atoms with Gasteiger partial charge >= 0.3 is 0 Å². The van der Waals surface area contributed by atoms with E-state index in [9.17, 15) is 4.79 Å². The van der Waals surface area contributed by atoms with Crippen LogP contribution in [0.2, 0.25) is 0 Å². The number of amides is 1. The molecule has 1 rings (SSSR count). The molecule has 0 aromatic rings. The molecule has 1 atom stereocenters. The molecule has 0 spiro atoms. The van der Waals surface area contributed by atoms with E-state index in [1.807, 2.05) is 4.90 Å². The Morgan fingerprint density at radius 2 is 2.36 bits per heavy atom. The van der Waals surface area contributed by atoms with Gasteiger partial charge in [0.1, 0.15) is 6.61 Å². The molecule has 1 saturated heterocycles. The van der Waals surface area contributed by atoms with Crippen molar-refractivity contribution < 1.29 is 9.53 Å². The summed E-state index contributed by atoms with van der Waals surface area (Å²) in [7, 11) is 0. The van der Waals surface area contributed by atoms with Crippen molar-refractivity contribution in [3.8, 4) is 0 Å². The molecule has 0 bridgehead atoms. The molecule has 1 amide bonds. The standard InChI is InChI=1S/C10H20N2O2/c1-3-9(11-4-2)7-12-5-6-14-8-10(12)13/h9,11H,3-8H2,1-2H3. The Morgan fingerprint density at radius 3 is 2.93 bits per heavy atom. The predicted octanol–water partition coefficient (Wildman–Crippen LogP) is 0.233. The van der Waals surface area contributed by atoms with Crippen molar-refractivity contribution in [3.05, 3.63) is 0 Å². The zero-order valence-corrected chi connectivity index (χ0v) is 9.08. The first-order chi connectivity index (χ1) is 6.77. The number of likely N-dealkylation sites (N-methyl/N-ethyl adjacent to an activating group) is 1. The first-order valence-corrected chi connectivity index (χ1v) is 5.36. The molecule has 1 unspecified atom stereocenters.